The molecular weight excluding hydrogens is 511 g/mol. The van der Waals surface area contributed by atoms with Crippen LogP contribution in [0.5, 0.6) is 5.75 Å². The third kappa shape index (κ3) is 3.68. The molecule has 0 saturated heterocycles. The van der Waals surface area contributed by atoms with Crippen molar-refractivity contribution in [3.05, 3.63) is 72.6 Å². The monoisotopic (exact) mass is 532 g/mol. The van der Waals surface area contributed by atoms with Crippen LogP contribution >= 0.6 is 46.3 Å². The molecule has 2 bridgehead atoms. The lowest BCUT2D eigenvalue weighted by Crippen LogP contribution is -2.35. The minimum Gasteiger partial charge on any atom is -0.508 e. The standard InChI is InChI=1S/C25H22Cl2N2O3S2/c26-17-3-1-2-16(21(17)27)20-19-12-4-5-13(10-12)22(19)33-24-23(20)34-25(32)29(24)11-18(31)28-14-6-8-15(30)9-7-14/h1-3,6-9,12-13,19-20,22,30H,4-5,10-11H2,(H,28,31)/t12?,13?,19?,20-,22?/m1/s1. The van der Waals surface area contributed by atoms with Crippen molar-refractivity contribution in [2.75, 3.05) is 5.32 Å². The number of nitrogens with zero attached hydrogens (tertiary/aromatic N) is 1. The number of thiazole rings is 1. The van der Waals surface area contributed by atoms with Crippen molar-refractivity contribution in [1.29, 1.82) is 0 Å². The number of amides is 1. The summed E-state index contributed by atoms with van der Waals surface area (Å²) >= 11 is 16.1. The van der Waals surface area contributed by atoms with E-state index in [4.69, 9.17) is 23.2 Å². The van der Waals surface area contributed by atoms with Crippen molar-refractivity contribution < 1.29 is 9.90 Å². The van der Waals surface area contributed by atoms with Gasteiger partial charge in [0.25, 0.3) is 0 Å². The lowest BCUT2D eigenvalue weighted by Gasteiger charge is -2.40. The number of rotatable bonds is 4. The van der Waals surface area contributed by atoms with Gasteiger partial charge in [0.05, 0.1) is 15.1 Å². The van der Waals surface area contributed by atoms with Crippen LogP contribution in [-0.4, -0.2) is 20.8 Å². The van der Waals surface area contributed by atoms with Crippen molar-refractivity contribution in [2.45, 2.75) is 42.0 Å². The van der Waals surface area contributed by atoms with Gasteiger partial charge >= 0.3 is 4.87 Å². The number of nitrogens with one attached hydrogen (secondary N) is 1. The fourth-order valence-corrected chi connectivity index (χ4v) is 9.65. The van der Waals surface area contributed by atoms with Crippen LogP contribution in [0.15, 0.2) is 52.3 Å². The zero-order valence-electron chi connectivity index (χ0n) is 18.0. The van der Waals surface area contributed by atoms with Gasteiger partial charge in [-0.05, 0) is 72.9 Å². The summed E-state index contributed by atoms with van der Waals surface area (Å²) < 4.78 is 1.62. The minimum absolute atomic E-state index is 0.0156. The predicted octanol–water partition coefficient (Wildman–Crippen LogP) is 6.21. The van der Waals surface area contributed by atoms with Gasteiger partial charge in [-0.3, -0.25) is 14.2 Å². The molecule has 0 radical (unpaired) electrons. The van der Waals surface area contributed by atoms with Gasteiger partial charge in [-0.25, -0.2) is 0 Å². The van der Waals surface area contributed by atoms with Gasteiger partial charge in [-0.1, -0.05) is 46.7 Å². The number of halogens is 2. The highest BCUT2D eigenvalue weighted by Gasteiger charge is 2.55. The first-order valence-electron chi connectivity index (χ1n) is 11.3. The van der Waals surface area contributed by atoms with Gasteiger partial charge in [0.1, 0.15) is 12.3 Å². The van der Waals surface area contributed by atoms with Crippen LogP contribution in [0.1, 0.15) is 35.6 Å². The molecule has 6 rings (SSSR count). The highest BCUT2D eigenvalue weighted by Crippen LogP contribution is 2.64. The average Bonchev–Trinajstić information content (AvgIpc) is 3.51. The number of aromatic hydroxyl groups is 1. The van der Waals surface area contributed by atoms with E-state index in [1.807, 2.05) is 12.1 Å². The number of hydrogen-bond donors (Lipinski definition) is 2. The van der Waals surface area contributed by atoms with Gasteiger partial charge < -0.3 is 10.4 Å². The maximum Gasteiger partial charge on any atom is 0.308 e. The molecular formula is C25H22Cl2N2O3S2. The third-order valence-corrected chi connectivity index (χ3v) is 11.1. The van der Waals surface area contributed by atoms with Crippen LogP contribution in [0.3, 0.4) is 0 Å². The second-order valence-corrected chi connectivity index (χ2v) is 12.3. The first kappa shape index (κ1) is 22.5. The Balaban J connectivity index is 1.39. The van der Waals surface area contributed by atoms with E-state index in [1.54, 1.807) is 34.5 Å². The Labute approximate surface area is 215 Å². The fourth-order valence-electron chi connectivity index (χ4n) is 6.08. The Morgan fingerprint density at radius 1 is 1.12 bits per heavy atom. The lowest BCUT2D eigenvalue weighted by atomic mass is 9.75. The summed E-state index contributed by atoms with van der Waals surface area (Å²) in [7, 11) is 0. The number of phenols is 1. The molecule has 1 amide bonds. The fraction of sp³-hybridized carbons (Fsp3) is 0.360. The Morgan fingerprint density at radius 3 is 2.68 bits per heavy atom. The van der Waals surface area contributed by atoms with E-state index in [2.05, 4.69) is 5.32 Å². The summed E-state index contributed by atoms with van der Waals surface area (Å²) in [4.78, 5) is 26.9. The summed E-state index contributed by atoms with van der Waals surface area (Å²) in [5, 5.41) is 14.7. The van der Waals surface area contributed by atoms with Crippen molar-refractivity contribution >= 4 is 57.9 Å². The molecule has 176 valence electrons. The molecule has 3 aliphatic rings. The van der Waals surface area contributed by atoms with Crippen molar-refractivity contribution in [2.24, 2.45) is 17.8 Å². The number of carbonyl (C=O) groups is 1. The number of hydrogen-bond acceptors (Lipinski definition) is 5. The first-order chi connectivity index (χ1) is 16.4. The molecule has 2 aromatic carbocycles. The van der Waals surface area contributed by atoms with Gasteiger partial charge in [0.15, 0.2) is 0 Å². The number of thioether (sulfide) groups is 1. The highest BCUT2D eigenvalue weighted by atomic mass is 35.5. The Hall–Kier alpha value is -1.93. The van der Waals surface area contributed by atoms with Crippen LogP contribution in [0, 0.1) is 17.8 Å². The maximum atomic E-state index is 13.2. The van der Waals surface area contributed by atoms with E-state index in [0.29, 0.717) is 38.7 Å². The van der Waals surface area contributed by atoms with E-state index in [-0.39, 0.29) is 29.0 Å². The van der Waals surface area contributed by atoms with E-state index < -0.39 is 0 Å². The maximum absolute atomic E-state index is 13.2. The van der Waals surface area contributed by atoms with Gasteiger partial charge in [0.2, 0.25) is 5.91 Å². The quantitative estimate of drug-likeness (QED) is 0.391. The molecule has 2 saturated carbocycles. The number of anilines is 1. The van der Waals surface area contributed by atoms with Gasteiger partial charge in [-0.15, -0.1) is 11.8 Å². The molecule has 2 aliphatic carbocycles. The van der Waals surface area contributed by atoms with Gasteiger partial charge in [-0.2, -0.15) is 0 Å². The molecule has 3 aromatic rings. The van der Waals surface area contributed by atoms with Crippen LogP contribution in [0.25, 0.3) is 0 Å². The van der Waals surface area contributed by atoms with E-state index in [1.165, 1.54) is 42.7 Å². The molecule has 9 heteroatoms. The molecule has 4 unspecified atom stereocenters. The van der Waals surface area contributed by atoms with E-state index >= 15 is 0 Å². The van der Waals surface area contributed by atoms with E-state index in [0.717, 1.165) is 15.5 Å². The largest absolute Gasteiger partial charge is 0.508 e. The molecule has 2 N–H and O–H groups in total. The Bertz CT molecular complexity index is 1340. The normalized spacial score (nSPS) is 26.8. The number of carbonyl (C=O) groups excluding carboxylic acids is 1. The van der Waals surface area contributed by atoms with Crippen LogP contribution < -0.4 is 10.2 Å². The zero-order chi connectivity index (χ0) is 23.6. The van der Waals surface area contributed by atoms with E-state index in [9.17, 15) is 14.7 Å². The molecule has 2 fully saturated rings. The minimum atomic E-state index is -0.276. The van der Waals surface area contributed by atoms with Crippen molar-refractivity contribution in [1.82, 2.24) is 4.57 Å². The van der Waals surface area contributed by atoms with Crippen LogP contribution in [-0.2, 0) is 11.3 Å². The van der Waals surface area contributed by atoms with Crippen molar-refractivity contribution in [3.63, 3.8) is 0 Å². The zero-order valence-corrected chi connectivity index (χ0v) is 21.2. The molecule has 1 aromatic heterocycles. The summed E-state index contributed by atoms with van der Waals surface area (Å²) in [5.41, 5.74) is 1.56. The second-order valence-electron chi connectivity index (χ2n) is 9.33. The number of phenolic OH excluding ortho intramolecular Hbond substituents is 1. The van der Waals surface area contributed by atoms with Crippen molar-refractivity contribution in [3.8, 4) is 5.75 Å². The smallest absolute Gasteiger partial charge is 0.308 e. The molecule has 2 heterocycles. The average molecular weight is 534 g/mol. The second kappa shape index (κ2) is 8.63. The SMILES string of the molecule is O=C(Cn1c2c(sc1=O)[C@H](c1cccc(Cl)c1Cl)C1C3CCC(C3)C1S2)Nc1ccc(O)cc1. The molecule has 5 nitrogen and oxygen atoms in total. The first-order valence-corrected chi connectivity index (χ1v) is 13.8. The van der Waals surface area contributed by atoms with Crippen LogP contribution in [0.2, 0.25) is 10.0 Å². The lowest BCUT2D eigenvalue weighted by molar-refractivity contribution is -0.116. The topological polar surface area (TPSA) is 71.3 Å². The molecule has 34 heavy (non-hydrogen) atoms. The predicted molar refractivity (Wildman–Crippen MR) is 138 cm³/mol. The molecule has 0 spiro atoms. The highest BCUT2D eigenvalue weighted by molar-refractivity contribution is 8.00. The third-order valence-electron chi connectivity index (χ3n) is 7.46. The molecule has 1 aliphatic heterocycles. The Kier molecular flexibility index (Phi) is 5.72. The summed E-state index contributed by atoms with van der Waals surface area (Å²) in [6, 6.07) is 12.0. The number of fused-ring (bicyclic) bond motifs is 6. The van der Waals surface area contributed by atoms with Gasteiger partial charge in [0, 0.05) is 21.7 Å². The summed E-state index contributed by atoms with van der Waals surface area (Å²) in [6.45, 7) is -0.0555. The van der Waals surface area contributed by atoms with Crippen LogP contribution in [0.4, 0.5) is 5.69 Å². The Morgan fingerprint density at radius 2 is 1.88 bits per heavy atom. The molecule has 5 atom stereocenters. The number of benzene rings is 2. The summed E-state index contributed by atoms with van der Waals surface area (Å²) in [6.07, 6.45) is 3.67. The summed E-state index contributed by atoms with van der Waals surface area (Å²) in [5.74, 6) is 1.54. The number of aromatic nitrogens is 1.